The standard InChI is InChI=1S/C12H15ClN2OS/c1-2-6-17-7-5-15-12(16)10-8-9(14)3-4-11(10)13/h2-4,8H,1,5-7,14H2,(H,15,16). The topological polar surface area (TPSA) is 55.1 Å². The monoisotopic (exact) mass is 270 g/mol. The van der Waals surface area contributed by atoms with E-state index in [2.05, 4.69) is 11.9 Å². The number of hydrogen-bond donors (Lipinski definition) is 2. The number of nitrogens with one attached hydrogen (secondary N) is 1. The highest BCUT2D eigenvalue weighted by atomic mass is 35.5. The van der Waals surface area contributed by atoms with Crippen LogP contribution in [0.5, 0.6) is 0 Å². The van der Waals surface area contributed by atoms with E-state index in [4.69, 9.17) is 17.3 Å². The Kier molecular flexibility index (Phi) is 5.94. The molecule has 1 aromatic carbocycles. The second kappa shape index (κ2) is 7.25. The van der Waals surface area contributed by atoms with Crippen molar-refractivity contribution in [3.8, 4) is 0 Å². The molecular formula is C12H15ClN2OS. The van der Waals surface area contributed by atoms with Crippen molar-refractivity contribution in [1.82, 2.24) is 5.32 Å². The van der Waals surface area contributed by atoms with Crippen LogP contribution in [-0.4, -0.2) is 24.0 Å². The van der Waals surface area contributed by atoms with Crippen molar-refractivity contribution < 1.29 is 4.79 Å². The molecule has 0 aliphatic carbocycles. The van der Waals surface area contributed by atoms with Crippen LogP contribution in [0.4, 0.5) is 5.69 Å². The second-order valence-electron chi connectivity index (χ2n) is 3.36. The predicted octanol–water partition coefficient (Wildman–Crippen LogP) is 2.57. The first kappa shape index (κ1) is 13.9. The number of rotatable bonds is 6. The lowest BCUT2D eigenvalue weighted by atomic mass is 10.2. The van der Waals surface area contributed by atoms with Gasteiger partial charge in [0.25, 0.3) is 5.91 Å². The van der Waals surface area contributed by atoms with E-state index in [1.54, 1.807) is 30.0 Å². The second-order valence-corrected chi connectivity index (χ2v) is 4.92. The lowest BCUT2D eigenvalue weighted by molar-refractivity contribution is 0.0956. The van der Waals surface area contributed by atoms with Gasteiger partial charge in [0.1, 0.15) is 0 Å². The van der Waals surface area contributed by atoms with Gasteiger partial charge in [-0.25, -0.2) is 0 Å². The van der Waals surface area contributed by atoms with Crippen LogP contribution < -0.4 is 11.1 Å². The summed E-state index contributed by atoms with van der Waals surface area (Å²) in [7, 11) is 0. The maximum Gasteiger partial charge on any atom is 0.252 e. The number of carbonyl (C=O) groups is 1. The minimum atomic E-state index is -0.193. The maximum absolute atomic E-state index is 11.8. The number of benzene rings is 1. The van der Waals surface area contributed by atoms with Gasteiger partial charge < -0.3 is 11.1 Å². The van der Waals surface area contributed by atoms with Gasteiger partial charge in [0, 0.05) is 23.7 Å². The molecule has 0 fully saturated rings. The summed E-state index contributed by atoms with van der Waals surface area (Å²) < 4.78 is 0. The summed E-state index contributed by atoms with van der Waals surface area (Å²) in [6.45, 7) is 4.22. The first-order valence-electron chi connectivity index (χ1n) is 5.17. The molecule has 0 saturated carbocycles. The zero-order valence-corrected chi connectivity index (χ0v) is 11.0. The molecule has 0 atom stereocenters. The molecule has 5 heteroatoms. The van der Waals surface area contributed by atoms with Crippen molar-refractivity contribution in [2.45, 2.75) is 0 Å². The summed E-state index contributed by atoms with van der Waals surface area (Å²) in [5.74, 6) is 1.54. The number of carbonyl (C=O) groups excluding carboxylic acids is 1. The minimum absolute atomic E-state index is 0.193. The highest BCUT2D eigenvalue weighted by Crippen LogP contribution is 2.18. The normalized spacial score (nSPS) is 9.94. The molecule has 0 aliphatic heterocycles. The lowest BCUT2D eigenvalue weighted by Crippen LogP contribution is -2.26. The zero-order chi connectivity index (χ0) is 12.7. The van der Waals surface area contributed by atoms with Gasteiger partial charge in [0.05, 0.1) is 10.6 Å². The van der Waals surface area contributed by atoms with E-state index in [0.717, 1.165) is 11.5 Å². The molecular weight excluding hydrogens is 256 g/mol. The molecule has 0 bridgehead atoms. The number of thioether (sulfide) groups is 1. The van der Waals surface area contributed by atoms with Crippen molar-refractivity contribution in [1.29, 1.82) is 0 Å². The summed E-state index contributed by atoms with van der Waals surface area (Å²) in [6, 6.07) is 4.87. The minimum Gasteiger partial charge on any atom is -0.399 e. The summed E-state index contributed by atoms with van der Waals surface area (Å²) in [4.78, 5) is 11.8. The van der Waals surface area contributed by atoms with Gasteiger partial charge in [-0.05, 0) is 18.2 Å². The van der Waals surface area contributed by atoms with E-state index in [-0.39, 0.29) is 5.91 Å². The Morgan fingerprint density at radius 1 is 1.59 bits per heavy atom. The Hall–Kier alpha value is -1.13. The molecule has 1 amide bonds. The van der Waals surface area contributed by atoms with Crippen LogP contribution in [0.25, 0.3) is 0 Å². The van der Waals surface area contributed by atoms with Crippen LogP contribution in [0.15, 0.2) is 30.9 Å². The van der Waals surface area contributed by atoms with Gasteiger partial charge in [-0.2, -0.15) is 11.8 Å². The third-order valence-electron chi connectivity index (χ3n) is 2.00. The third-order valence-corrected chi connectivity index (χ3v) is 3.30. The Balaban J connectivity index is 2.46. The number of halogens is 1. The fraction of sp³-hybridized carbons (Fsp3) is 0.250. The zero-order valence-electron chi connectivity index (χ0n) is 9.41. The fourth-order valence-electron chi connectivity index (χ4n) is 1.22. The molecule has 0 aromatic heterocycles. The van der Waals surface area contributed by atoms with Crippen LogP contribution in [0.3, 0.4) is 0 Å². The summed E-state index contributed by atoms with van der Waals surface area (Å²) in [6.07, 6.45) is 1.83. The van der Waals surface area contributed by atoms with Crippen LogP contribution in [-0.2, 0) is 0 Å². The van der Waals surface area contributed by atoms with Crippen molar-refractivity contribution >= 4 is 35.0 Å². The van der Waals surface area contributed by atoms with E-state index in [1.165, 1.54) is 0 Å². The molecule has 92 valence electrons. The van der Waals surface area contributed by atoms with Crippen LogP contribution in [0.2, 0.25) is 5.02 Å². The van der Waals surface area contributed by atoms with Crippen LogP contribution in [0.1, 0.15) is 10.4 Å². The molecule has 3 N–H and O–H groups in total. The fourth-order valence-corrected chi connectivity index (χ4v) is 2.00. The van der Waals surface area contributed by atoms with Crippen molar-refractivity contribution in [3.05, 3.63) is 41.4 Å². The van der Waals surface area contributed by atoms with E-state index in [0.29, 0.717) is 22.8 Å². The lowest BCUT2D eigenvalue weighted by Gasteiger charge is -2.07. The van der Waals surface area contributed by atoms with Gasteiger partial charge >= 0.3 is 0 Å². The van der Waals surface area contributed by atoms with Crippen molar-refractivity contribution in [2.75, 3.05) is 23.8 Å². The number of hydrogen-bond acceptors (Lipinski definition) is 3. The van der Waals surface area contributed by atoms with Gasteiger partial charge in [0.15, 0.2) is 0 Å². The maximum atomic E-state index is 11.8. The van der Waals surface area contributed by atoms with E-state index >= 15 is 0 Å². The van der Waals surface area contributed by atoms with E-state index in [9.17, 15) is 4.79 Å². The molecule has 0 heterocycles. The average Bonchev–Trinajstić information content (AvgIpc) is 2.32. The third kappa shape index (κ3) is 4.71. The Bertz CT molecular complexity index is 409. The highest BCUT2D eigenvalue weighted by Gasteiger charge is 2.09. The molecule has 17 heavy (non-hydrogen) atoms. The van der Waals surface area contributed by atoms with E-state index in [1.807, 2.05) is 6.08 Å². The number of nitrogen functional groups attached to an aromatic ring is 1. The first-order valence-corrected chi connectivity index (χ1v) is 6.70. The molecule has 0 saturated heterocycles. The first-order chi connectivity index (χ1) is 8.15. The highest BCUT2D eigenvalue weighted by molar-refractivity contribution is 7.99. The number of amides is 1. The Morgan fingerprint density at radius 2 is 2.35 bits per heavy atom. The van der Waals surface area contributed by atoms with Crippen molar-refractivity contribution in [2.24, 2.45) is 0 Å². The SMILES string of the molecule is C=CCSCCNC(=O)c1cc(N)ccc1Cl. The molecule has 0 spiro atoms. The molecule has 3 nitrogen and oxygen atoms in total. The largest absolute Gasteiger partial charge is 0.399 e. The summed E-state index contributed by atoms with van der Waals surface area (Å²) >= 11 is 7.63. The van der Waals surface area contributed by atoms with Crippen molar-refractivity contribution in [3.63, 3.8) is 0 Å². The molecule has 0 radical (unpaired) electrons. The smallest absolute Gasteiger partial charge is 0.252 e. The Labute approximate surface area is 110 Å². The quantitative estimate of drug-likeness (QED) is 0.475. The molecule has 1 rings (SSSR count). The molecule has 0 unspecified atom stereocenters. The van der Waals surface area contributed by atoms with Gasteiger partial charge in [-0.15, -0.1) is 6.58 Å². The van der Waals surface area contributed by atoms with Gasteiger partial charge in [0.2, 0.25) is 0 Å². The number of nitrogens with two attached hydrogens (primary N) is 1. The summed E-state index contributed by atoms with van der Waals surface area (Å²) in [5, 5.41) is 3.20. The number of anilines is 1. The van der Waals surface area contributed by atoms with Crippen LogP contribution in [0, 0.1) is 0 Å². The molecule has 0 aliphatic rings. The van der Waals surface area contributed by atoms with Gasteiger partial charge in [-0.3, -0.25) is 4.79 Å². The predicted molar refractivity (Wildman–Crippen MR) is 75.7 cm³/mol. The average molecular weight is 271 g/mol. The molecule has 1 aromatic rings. The van der Waals surface area contributed by atoms with Gasteiger partial charge in [-0.1, -0.05) is 17.7 Å². The summed E-state index contributed by atoms with van der Waals surface area (Å²) in [5.41, 5.74) is 6.55. The van der Waals surface area contributed by atoms with E-state index < -0.39 is 0 Å². The van der Waals surface area contributed by atoms with Crippen LogP contribution >= 0.6 is 23.4 Å². The Morgan fingerprint density at radius 3 is 3.06 bits per heavy atom.